The maximum Gasteiger partial charge on any atom is 0.145 e. The van der Waals surface area contributed by atoms with Crippen LogP contribution in [0.15, 0.2) is 18.2 Å². The third kappa shape index (κ3) is 3.46. The molecule has 0 aliphatic carbocycles. The van der Waals surface area contributed by atoms with Crippen molar-refractivity contribution < 1.29 is 0 Å². The second kappa shape index (κ2) is 6.19. The van der Waals surface area contributed by atoms with Crippen molar-refractivity contribution in [3.63, 3.8) is 0 Å². The first-order valence-corrected chi connectivity index (χ1v) is 7.49. The molecular formula is C14H21N5S. The Balaban J connectivity index is 2.21. The van der Waals surface area contributed by atoms with E-state index in [1.807, 2.05) is 6.07 Å². The summed E-state index contributed by atoms with van der Waals surface area (Å²) in [6.07, 6.45) is 0. The van der Waals surface area contributed by atoms with Crippen molar-refractivity contribution in [2.75, 3.05) is 10.7 Å². The van der Waals surface area contributed by atoms with Crippen LogP contribution in [-0.2, 0) is 0 Å². The van der Waals surface area contributed by atoms with Gasteiger partial charge in [-0.05, 0) is 26.0 Å². The lowest BCUT2D eigenvalue weighted by Crippen LogP contribution is -2.14. The number of rotatable bonds is 5. The fourth-order valence-electron chi connectivity index (χ4n) is 1.85. The Morgan fingerprint density at radius 1 is 1.15 bits per heavy atom. The van der Waals surface area contributed by atoms with Gasteiger partial charge in [0.25, 0.3) is 0 Å². The molecule has 2 heterocycles. The summed E-state index contributed by atoms with van der Waals surface area (Å²) >= 11 is 1.79. The van der Waals surface area contributed by atoms with Crippen molar-refractivity contribution in [1.29, 1.82) is 0 Å². The van der Waals surface area contributed by atoms with Crippen LogP contribution in [0.4, 0.5) is 11.6 Å². The number of nitrogens with two attached hydrogens (primary N) is 1. The number of hydrogen-bond acceptors (Lipinski definition) is 6. The zero-order valence-electron chi connectivity index (χ0n) is 12.3. The van der Waals surface area contributed by atoms with Gasteiger partial charge in [0.1, 0.15) is 17.5 Å². The molecule has 20 heavy (non-hydrogen) atoms. The molecule has 2 aromatic heterocycles. The molecule has 0 aliphatic rings. The van der Waals surface area contributed by atoms with Crippen LogP contribution in [0.5, 0.6) is 0 Å². The van der Waals surface area contributed by atoms with Gasteiger partial charge in [-0.3, -0.25) is 0 Å². The van der Waals surface area contributed by atoms with Crippen molar-refractivity contribution in [1.82, 2.24) is 9.97 Å². The van der Waals surface area contributed by atoms with Crippen molar-refractivity contribution in [2.45, 2.75) is 39.7 Å². The third-order valence-electron chi connectivity index (χ3n) is 2.96. The van der Waals surface area contributed by atoms with Crippen molar-refractivity contribution >= 4 is 23.0 Å². The van der Waals surface area contributed by atoms with E-state index in [4.69, 9.17) is 5.84 Å². The summed E-state index contributed by atoms with van der Waals surface area (Å²) in [6, 6.07) is 6.30. The first-order valence-electron chi connectivity index (χ1n) is 6.68. The first kappa shape index (κ1) is 14.7. The Morgan fingerprint density at radius 3 is 2.40 bits per heavy atom. The summed E-state index contributed by atoms with van der Waals surface area (Å²) in [6.45, 7) is 8.35. The number of nitrogens with one attached hydrogen (secondary N) is 2. The molecule has 0 fully saturated rings. The maximum atomic E-state index is 5.47. The largest absolute Gasteiger partial charge is 0.363 e. The average Bonchev–Trinajstić information content (AvgIpc) is 2.85. The van der Waals surface area contributed by atoms with E-state index in [-0.39, 0.29) is 12.0 Å². The molecular weight excluding hydrogens is 270 g/mol. The molecule has 0 spiro atoms. The van der Waals surface area contributed by atoms with Crippen molar-refractivity contribution in [2.24, 2.45) is 5.84 Å². The lowest BCUT2D eigenvalue weighted by molar-refractivity contribution is 0.770. The molecule has 108 valence electrons. The standard InChI is InChI=1S/C14H21N5S/c1-8(2)14-17-12(7-13(18-14)19-15)16-10(4)11-6-5-9(3)20-11/h5-8,10H,15H2,1-4H3,(H2,16,17,18,19). The van der Waals surface area contributed by atoms with Crippen LogP contribution in [0.1, 0.15) is 48.3 Å². The topological polar surface area (TPSA) is 75.9 Å². The van der Waals surface area contributed by atoms with Crippen molar-refractivity contribution in [3.8, 4) is 0 Å². The van der Waals surface area contributed by atoms with E-state index in [1.165, 1.54) is 9.75 Å². The monoisotopic (exact) mass is 291 g/mol. The van der Waals surface area contributed by atoms with Gasteiger partial charge in [-0.15, -0.1) is 11.3 Å². The minimum Gasteiger partial charge on any atom is -0.363 e. The van der Waals surface area contributed by atoms with Gasteiger partial charge in [0.15, 0.2) is 0 Å². The van der Waals surface area contributed by atoms with Gasteiger partial charge in [-0.25, -0.2) is 15.8 Å². The van der Waals surface area contributed by atoms with E-state index < -0.39 is 0 Å². The molecule has 4 N–H and O–H groups in total. The van der Waals surface area contributed by atoms with Gasteiger partial charge >= 0.3 is 0 Å². The van der Waals surface area contributed by atoms with E-state index in [2.05, 4.69) is 60.5 Å². The van der Waals surface area contributed by atoms with E-state index in [9.17, 15) is 0 Å². The highest BCUT2D eigenvalue weighted by atomic mass is 32.1. The fraction of sp³-hybridized carbons (Fsp3) is 0.429. The highest BCUT2D eigenvalue weighted by Crippen LogP contribution is 2.26. The zero-order chi connectivity index (χ0) is 14.7. The van der Waals surface area contributed by atoms with E-state index in [1.54, 1.807) is 11.3 Å². The number of aromatic nitrogens is 2. The third-order valence-corrected chi connectivity index (χ3v) is 4.14. The molecule has 0 saturated carbocycles. The second-order valence-corrected chi connectivity index (χ2v) is 6.43. The first-order chi connectivity index (χ1) is 9.49. The Morgan fingerprint density at radius 2 is 1.85 bits per heavy atom. The molecule has 2 rings (SSSR count). The Bertz CT molecular complexity index is 579. The maximum absolute atomic E-state index is 5.47. The molecule has 1 unspecified atom stereocenters. The lowest BCUT2D eigenvalue weighted by Gasteiger charge is -2.15. The van der Waals surface area contributed by atoms with E-state index in [0.29, 0.717) is 5.82 Å². The van der Waals surface area contributed by atoms with E-state index in [0.717, 1.165) is 11.6 Å². The predicted molar refractivity (Wildman–Crippen MR) is 85.0 cm³/mol. The molecule has 5 nitrogen and oxygen atoms in total. The number of thiophene rings is 1. The molecule has 0 saturated heterocycles. The van der Waals surface area contributed by atoms with Crippen LogP contribution in [0.3, 0.4) is 0 Å². The van der Waals surface area contributed by atoms with Crippen LogP contribution < -0.4 is 16.6 Å². The SMILES string of the molecule is Cc1ccc(C(C)Nc2cc(NN)nc(C(C)C)n2)s1. The van der Waals surface area contributed by atoms with Gasteiger partial charge in [-0.2, -0.15) is 0 Å². The van der Waals surface area contributed by atoms with Crippen LogP contribution in [0, 0.1) is 6.92 Å². The molecule has 2 aromatic rings. The van der Waals surface area contributed by atoms with Gasteiger partial charge in [-0.1, -0.05) is 13.8 Å². The van der Waals surface area contributed by atoms with Crippen LogP contribution in [0.25, 0.3) is 0 Å². The Kier molecular flexibility index (Phi) is 4.57. The minimum absolute atomic E-state index is 0.203. The van der Waals surface area contributed by atoms with Gasteiger partial charge in [0.2, 0.25) is 0 Å². The number of hydrazine groups is 1. The predicted octanol–water partition coefficient (Wildman–Crippen LogP) is 3.43. The summed E-state index contributed by atoms with van der Waals surface area (Å²) in [5.41, 5.74) is 2.59. The Hall–Kier alpha value is -1.66. The number of nitrogen functional groups attached to an aromatic ring is 1. The molecule has 0 amide bonds. The second-order valence-electron chi connectivity index (χ2n) is 5.11. The number of hydrogen-bond donors (Lipinski definition) is 3. The Labute approximate surface area is 123 Å². The van der Waals surface area contributed by atoms with Gasteiger partial charge in [0.05, 0.1) is 6.04 Å². The number of nitrogens with zero attached hydrogens (tertiary/aromatic N) is 2. The molecule has 0 radical (unpaired) electrons. The molecule has 0 bridgehead atoms. The van der Waals surface area contributed by atoms with Crippen LogP contribution in [-0.4, -0.2) is 9.97 Å². The van der Waals surface area contributed by atoms with E-state index >= 15 is 0 Å². The number of anilines is 2. The average molecular weight is 291 g/mol. The highest BCUT2D eigenvalue weighted by molar-refractivity contribution is 7.12. The molecule has 0 aliphatic heterocycles. The summed E-state index contributed by atoms with van der Waals surface area (Å²) in [5, 5.41) is 3.41. The van der Waals surface area contributed by atoms with Crippen molar-refractivity contribution in [3.05, 3.63) is 33.8 Å². The summed E-state index contributed by atoms with van der Waals surface area (Å²) in [4.78, 5) is 11.5. The molecule has 0 aromatic carbocycles. The smallest absolute Gasteiger partial charge is 0.145 e. The molecule has 1 atom stereocenters. The zero-order valence-corrected chi connectivity index (χ0v) is 13.1. The highest BCUT2D eigenvalue weighted by Gasteiger charge is 2.12. The normalized spacial score (nSPS) is 12.5. The van der Waals surface area contributed by atoms with Gasteiger partial charge < -0.3 is 10.7 Å². The minimum atomic E-state index is 0.203. The number of aryl methyl sites for hydroxylation is 1. The van der Waals surface area contributed by atoms with Gasteiger partial charge in [0, 0.05) is 21.7 Å². The summed E-state index contributed by atoms with van der Waals surface area (Å²) in [7, 11) is 0. The summed E-state index contributed by atoms with van der Waals surface area (Å²) < 4.78 is 0. The lowest BCUT2D eigenvalue weighted by atomic mass is 10.2. The summed E-state index contributed by atoms with van der Waals surface area (Å²) in [5.74, 6) is 7.91. The fourth-order valence-corrected chi connectivity index (χ4v) is 2.73. The quantitative estimate of drug-likeness (QED) is 0.581. The van der Waals surface area contributed by atoms with Crippen LogP contribution >= 0.6 is 11.3 Å². The van der Waals surface area contributed by atoms with Crippen LogP contribution in [0.2, 0.25) is 0 Å². The molecule has 6 heteroatoms.